The van der Waals surface area contributed by atoms with Crippen LogP contribution in [0.3, 0.4) is 0 Å². The number of rotatable bonds is 9. The topological polar surface area (TPSA) is 29.5 Å². The molecule has 1 rings (SSSR count). The largest absolute Gasteiger partial charge is 0.501 e. The Hall–Kier alpha value is -1.72. The Labute approximate surface area is 167 Å². The maximum absolute atomic E-state index is 13.8. The molecule has 6 heteroatoms. The maximum Gasteiger partial charge on any atom is 0.404 e. The third-order valence-corrected chi connectivity index (χ3v) is 5.35. The molecule has 0 N–H and O–H groups in total. The van der Waals surface area contributed by atoms with E-state index in [2.05, 4.69) is 20.4 Å². The molecule has 0 saturated carbocycles. The number of allylic oxidation sites excluding steroid dienone is 4. The molecule has 0 radical (unpaired) electrons. The molecular formula is C22H34F3NO2. The lowest BCUT2D eigenvalue weighted by molar-refractivity contribution is -0.181. The third-order valence-electron chi connectivity index (χ3n) is 5.35. The van der Waals surface area contributed by atoms with Crippen molar-refractivity contribution in [1.29, 1.82) is 0 Å². The number of ether oxygens (including phenoxy) is 1. The number of halogens is 3. The van der Waals surface area contributed by atoms with Gasteiger partial charge in [0.25, 0.3) is 0 Å². The summed E-state index contributed by atoms with van der Waals surface area (Å²) in [4.78, 5) is 14.2. The molecule has 0 aliphatic carbocycles. The second-order valence-electron chi connectivity index (χ2n) is 7.73. The van der Waals surface area contributed by atoms with Crippen molar-refractivity contribution in [2.75, 3.05) is 20.2 Å². The summed E-state index contributed by atoms with van der Waals surface area (Å²) in [5.74, 6) is -1.69. The van der Waals surface area contributed by atoms with Gasteiger partial charge in [-0.25, -0.2) is 0 Å². The highest BCUT2D eigenvalue weighted by Crippen LogP contribution is 2.36. The summed E-state index contributed by atoms with van der Waals surface area (Å²) >= 11 is 0. The molecule has 1 saturated heterocycles. The molecule has 1 heterocycles. The fourth-order valence-electron chi connectivity index (χ4n) is 3.88. The van der Waals surface area contributed by atoms with Crippen molar-refractivity contribution in [3.8, 4) is 0 Å². The first-order valence-electron chi connectivity index (χ1n) is 10.0. The normalized spacial score (nSPS) is 19.3. The fourth-order valence-corrected chi connectivity index (χ4v) is 3.88. The van der Waals surface area contributed by atoms with Crippen LogP contribution in [0.2, 0.25) is 0 Å². The molecule has 160 valence electrons. The summed E-state index contributed by atoms with van der Waals surface area (Å²) < 4.78 is 46.4. The molecule has 0 aromatic rings. The number of methoxy groups -OCH3 is 1. The van der Waals surface area contributed by atoms with Crippen LogP contribution in [0.25, 0.3) is 0 Å². The monoisotopic (exact) mass is 401 g/mol. The second kappa shape index (κ2) is 11.3. The molecule has 0 spiro atoms. The smallest absolute Gasteiger partial charge is 0.404 e. The first kappa shape index (κ1) is 24.3. The minimum Gasteiger partial charge on any atom is -0.501 e. The molecule has 0 aromatic carbocycles. The molecule has 0 bridgehead atoms. The van der Waals surface area contributed by atoms with Crippen LogP contribution >= 0.6 is 0 Å². The molecule has 1 fully saturated rings. The molecule has 1 aliphatic rings. The van der Waals surface area contributed by atoms with E-state index in [-0.39, 0.29) is 5.57 Å². The van der Waals surface area contributed by atoms with Crippen LogP contribution in [0.15, 0.2) is 36.1 Å². The Balaban J connectivity index is 2.92. The van der Waals surface area contributed by atoms with Gasteiger partial charge in [0.1, 0.15) is 0 Å². The summed E-state index contributed by atoms with van der Waals surface area (Å²) in [6, 6.07) is 0. The molecule has 0 aromatic heterocycles. The van der Waals surface area contributed by atoms with E-state index in [1.165, 1.54) is 30.2 Å². The fraction of sp³-hybridized carbons (Fsp3) is 0.682. The van der Waals surface area contributed by atoms with Gasteiger partial charge in [0.05, 0.1) is 12.9 Å². The van der Waals surface area contributed by atoms with Gasteiger partial charge < -0.3 is 9.64 Å². The van der Waals surface area contributed by atoms with Gasteiger partial charge in [-0.1, -0.05) is 45.4 Å². The Morgan fingerprint density at radius 2 is 1.93 bits per heavy atom. The Bertz CT molecular complexity index is 573. The van der Waals surface area contributed by atoms with Crippen molar-refractivity contribution >= 4 is 5.91 Å². The zero-order valence-corrected chi connectivity index (χ0v) is 17.5. The summed E-state index contributed by atoms with van der Waals surface area (Å²) in [6.07, 6.45) is 3.99. The second-order valence-corrected chi connectivity index (χ2v) is 7.73. The minimum atomic E-state index is -4.68. The lowest BCUT2D eigenvalue weighted by atomic mass is 9.85. The van der Waals surface area contributed by atoms with Crippen LogP contribution in [0.4, 0.5) is 13.2 Å². The SMILES string of the molecule is C=C/C=C(\C=C(/C)OC)C(C(=O)N1CCC(CC(C)CCC)CC1)C(F)(F)F. The van der Waals surface area contributed by atoms with Gasteiger partial charge >= 0.3 is 6.18 Å². The van der Waals surface area contributed by atoms with Gasteiger partial charge in [0.2, 0.25) is 5.91 Å². The number of alkyl halides is 3. The average Bonchev–Trinajstić information content (AvgIpc) is 2.61. The van der Waals surface area contributed by atoms with Gasteiger partial charge in [-0.3, -0.25) is 4.79 Å². The van der Waals surface area contributed by atoms with E-state index in [0.717, 1.165) is 32.1 Å². The number of hydrogen-bond donors (Lipinski definition) is 0. The Morgan fingerprint density at radius 3 is 2.39 bits per heavy atom. The van der Waals surface area contributed by atoms with Gasteiger partial charge in [0, 0.05) is 13.1 Å². The van der Waals surface area contributed by atoms with Crippen LogP contribution in [0.1, 0.15) is 52.9 Å². The zero-order chi connectivity index (χ0) is 21.3. The van der Waals surface area contributed by atoms with Crippen molar-refractivity contribution in [1.82, 2.24) is 4.90 Å². The number of likely N-dealkylation sites (tertiary alicyclic amines) is 1. The van der Waals surface area contributed by atoms with Crippen molar-refractivity contribution in [2.24, 2.45) is 17.8 Å². The number of hydrogen-bond acceptors (Lipinski definition) is 2. The average molecular weight is 402 g/mol. The Kier molecular flexibility index (Phi) is 9.83. The number of amides is 1. The minimum absolute atomic E-state index is 0.148. The van der Waals surface area contributed by atoms with E-state index >= 15 is 0 Å². The molecule has 2 atom stereocenters. The summed E-state index contributed by atoms with van der Waals surface area (Å²) in [5, 5.41) is 0. The van der Waals surface area contributed by atoms with Crippen LogP contribution in [-0.4, -0.2) is 37.2 Å². The predicted molar refractivity (Wildman–Crippen MR) is 107 cm³/mol. The Morgan fingerprint density at radius 1 is 1.32 bits per heavy atom. The lowest BCUT2D eigenvalue weighted by Crippen LogP contribution is -2.46. The summed E-state index contributed by atoms with van der Waals surface area (Å²) in [5.41, 5.74) is -0.148. The zero-order valence-electron chi connectivity index (χ0n) is 17.5. The highest BCUT2D eigenvalue weighted by atomic mass is 19.4. The third kappa shape index (κ3) is 7.36. The highest BCUT2D eigenvalue weighted by molar-refractivity contribution is 5.83. The lowest BCUT2D eigenvalue weighted by Gasteiger charge is -2.36. The molecule has 1 amide bonds. The van der Waals surface area contributed by atoms with Crippen LogP contribution in [0, 0.1) is 17.8 Å². The highest BCUT2D eigenvalue weighted by Gasteiger charge is 2.48. The van der Waals surface area contributed by atoms with Crippen LogP contribution in [-0.2, 0) is 9.53 Å². The van der Waals surface area contributed by atoms with Crippen molar-refractivity contribution in [2.45, 2.75) is 59.1 Å². The molecular weight excluding hydrogens is 367 g/mol. The number of carbonyl (C=O) groups is 1. The number of nitrogens with zero attached hydrogens (tertiary/aromatic N) is 1. The maximum atomic E-state index is 13.8. The first-order valence-corrected chi connectivity index (χ1v) is 10.0. The summed E-state index contributed by atoms with van der Waals surface area (Å²) in [6.45, 7) is 10.2. The van der Waals surface area contributed by atoms with Gasteiger partial charge in [-0.2, -0.15) is 13.2 Å². The van der Waals surface area contributed by atoms with Crippen molar-refractivity contribution in [3.05, 3.63) is 36.1 Å². The van der Waals surface area contributed by atoms with E-state index < -0.39 is 18.0 Å². The molecule has 3 nitrogen and oxygen atoms in total. The first-order chi connectivity index (χ1) is 13.1. The van der Waals surface area contributed by atoms with Crippen LogP contribution < -0.4 is 0 Å². The van der Waals surface area contributed by atoms with Gasteiger partial charge in [-0.05, 0) is 49.7 Å². The van der Waals surface area contributed by atoms with E-state index in [4.69, 9.17) is 4.74 Å². The van der Waals surface area contributed by atoms with Crippen molar-refractivity contribution < 1.29 is 22.7 Å². The number of piperidine rings is 1. The predicted octanol–water partition coefficient (Wildman–Crippen LogP) is 5.89. The standard InChI is InChI=1S/C22H34F3NO2/c1-6-8-16(3)14-18-10-12-26(13-11-18)21(27)20(22(23,24)25)19(9-7-2)15-17(4)28-5/h7,9,15-16,18,20H,2,6,8,10-14H2,1,3-5H3/b17-15+,19-9+. The summed E-state index contributed by atoms with van der Waals surface area (Å²) in [7, 11) is 1.38. The number of carbonyl (C=O) groups excluding carboxylic acids is 1. The van der Waals surface area contributed by atoms with Gasteiger partial charge in [-0.15, -0.1) is 0 Å². The molecule has 2 unspecified atom stereocenters. The van der Waals surface area contributed by atoms with E-state index in [0.29, 0.717) is 30.7 Å². The van der Waals surface area contributed by atoms with Crippen molar-refractivity contribution in [3.63, 3.8) is 0 Å². The molecule has 28 heavy (non-hydrogen) atoms. The van der Waals surface area contributed by atoms with Gasteiger partial charge in [0.15, 0.2) is 5.92 Å². The van der Waals surface area contributed by atoms with E-state index in [1.54, 1.807) is 6.92 Å². The molecule has 1 aliphatic heterocycles. The van der Waals surface area contributed by atoms with E-state index in [1.807, 2.05) is 0 Å². The van der Waals surface area contributed by atoms with Crippen LogP contribution in [0.5, 0.6) is 0 Å². The van der Waals surface area contributed by atoms with E-state index in [9.17, 15) is 18.0 Å². The quantitative estimate of drug-likeness (QED) is 0.356.